The van der Waals surface area contributed by atoms with Crippen LogP contribution in [0.4, 0.5) is 4.79 Å². The number of rotatable bonds is 8. The molecule has 0 aliphatic rings. The Morgan fingerprint density at radius 3 is 2.89 bits per heavy atom. The van der Waals surface area contributed by atoms with Gasteiger partial charge in [0, 0.05) is 13.0 Å². The molecule has 1 rings (SSSR count). The van der Waals surface area contributed by atoms with Gasteiger partial charge in [0.15, 0.2) is 0 Å². The second kappa shape index (κ2) is 8.06. The summed E-state index contributed by atoms with van der Waals surface area (Å²) in [5.74, 6) is -0.347. The maximum Gasteiger partial charge on any atom is 0.326 e. The van der Waals surface area contributed by atoms with Crippen molar-refractivity contribution in [1.29, 1.82) is 0 Å². The number of carbonyl (C=O) groups is 2. The van der Waals surface area contributed by atoms with Crippen molar-refractivity contribution in [3.8, 4) is 0 Å². The molecule has 8 heteroatoms. The van der Waals surface area contributed by atoms with E-state index in [9.17, 15) is 9.59 Å². The van der Waals surface area contributed by atoms with Gasteiger partial charge in [0.05, 0.1) is 0 Å². The van der Waals surface area contributed by atoms with Gasteiger partial charge in [-0.25, -0.2) is 14.6 Å². The molecule has 0 bridgehead atoms. The maximum atomic E-state index is 11.5. The monoisotopic (exact) mass is 269 g/mol. The number of nitrogens with zero attached hydrogens (tertiary/aromatic N) is 2. The van der Waals surface area contributed by atoms with Crippen LogP contribution in [0.1, 0.15) is 32.0 Å². The van der Waals surface area contributed by atoms with Gasteiger partial charge in [0.1, 0.15) is 18.2 Å². The number of carbonyl (C=O) groups excluding carboxylic acids is 1. The molecule has 4 N–H and O–H groups in total. The number of nitrogens with one attached hydrogen (secondary N) is 3. The molecule has 0 spiro atoms. The molecule has 0 radical (unpaired) electrons. The first-order chi connectivity index (χ1) is 9.13. The second-order valence-electron chi connectivity index (χ2n) is 4.12. The summed E-state index contributed by atoms with van der Waals surface area (Å²) in [6.07, 6.45) is 3.98. The first-order valence-electron chi connectivity index (χ1n) is 6.25. The second-order valence-corrected chi connectivity index (χ2v) is 4.12. The summed E-state index contributed by atoms with van der Waals surface area (Å²) in [6, 6.07) is -1.33. The number of unbranched alkanes of at least 4 members (excludes halogenated alkanes) is 1. The molecule has 1 aromatic rings. The van der Waals surface area contributed by atoms with Crippen molar-refractivity contribution in [3.05, 3.63) is 12.2 Å². The lowest BCUT2D eigenvalue weighted by Crippen LogP contribution is -2.46. The SMILES string of the molecule is CCCCC(NC(=O)NCCc1ncn[nH]1)C(=O)O. The van der Waals surface area contributed by atoms with Gasteiger partial charge in [-0.3, -0.25) is 5.10 Å². The molecule has 0 aromatic carbocycles. The third kappa shape index (κ3) is 5.84. The van der Waals surface area contributed by atoms with E-state index in [2.05, 4.69) is 25.8 Å². The Balaban J connectivity index is 2.25. The maximum absolute atomic E-state index is 11.5. The number of urea groups is 1. The van der Waals surface area contributed by atoms with Gasteiger partial charge in [0.2, 0.25) is 0 Å². The van der Waals surface area contributed by atoms with E-state index < -0.39 is 18.0 Å². The van der Waals surface area contributed by atoms with E-state index >= 15 is 0 Å². The van der Waals surface area contributed by atoms with E-state index in [0.717, 1.165) is 12.8 Å². The Kier molecular flexibility index (Phi) is 6.34. The van der Waals surface area contributed by atoms with E-state index in [1.165, 1.54) is 6.33 Å². The average molecular weight is 269 g/mol. The van der Waals surface area contributed by atoms with Gasteiger partial charge in [-0.05, 0) is 6.42 Å². The smallest absolute Gasteiger partial charge is 0.326 e. The summed E-state index contributed by atoms with van der Waals surface area (Å²) >= 11 is 0. The van der Waals surface area contributed by atoms with Crippen LogP contribution in [-0.2, 0) is 11.2 Å². The highest BCUT2D eigenvalue weighted by molar-refractivity contribution is 5.82. The van der Waals surface area contributed by atoms with Crippen LogP contribution in [-0.4, -0.2) is 44.9 Å². The molecule has 1 aromatic heterocycles. The Bertz CT molecular complexity index is 393. The molecule has 1 unspecified atom stereocenters. The molecule has 0 fully saturated rings. The van der Waals surface area contributed by atoms with E-state index in [-0.39, 0.29) is 0 Å². The third-order valence-corrected chi connectivity index (χ3v) is 2.56. The summed E-state index contributed by atoms with van der Waals surface area (Å²) in [7, 11) is 0. The Morgan fingerprint density at radius 2 is 2.32 bits per heavy atom. The largest absolute Gasteiger partial charge is 0.480 e. The molecule has 1 atom stereocenters. The lowest BCUT2D eigenvalue weighted by Gasteiger charge is -2.14. The van der Waals surface area contributed by atoms with E-state index in [1.807, 2.05) is 6.92 Å². The van der Waals surface area contributed by atoms with Crippen LogP contribution in [0.25, 0.3) is 0 Å². The van der Waals surface area contributed by atoms with Crippen LogP contribution in [0.5, 0.6) is 0 Å². The van der Waals surface area contributed by atoms with Crippen molar-refractivity contribution >= 4 is 12.0 Å². The van der Waals surface area contributed by atoms with Crippen LogP contribution in [0.3, 0.4) is 0 Å². The summed E-state index contributed by atoms with van der Waals surface area (Å²) in [4.78, 5) is 26.4. The summed E-state index contributed by atoms with van der Waals surface area (Å²) in [5.41, 5.74) is 0. The predicted octanol–water partition coefficient (Wildman–Crippen LogP) is 0.290. The zero-order valence-corrected chi connectivity index (χ0v) is 10.8. The van der Waals surface area contributed by atoms with Crippen LogP contribution < -0.4 is 10.6 Å². The first-order valence-corrected chi connectivity index (χ1v) is 6.25. The fourth-order valence-electron chi connectivity index (χ4n) is 1.52. The van der Waals surface area contributed by atoms with Crippen molar-refractivity contribution < 1.29 is 14.7 Å². The highest BCUT2D eigenvalue weighted by atomic mass is 16.4. The number of aromatic nitrogens is 3. The average Bonchev–Trinajstić information content (AvgIpc) is 2.87. The normalized spacial score (nSPS) is 11.8. The number of aromatic amines is 1. The molecule has 2 amide bonds. The third-order valence-electron chi connectivity index (χ3n) is 2.56. The minimum absolute atomic E-state index is 0.362. The van der Waals surface area contributed by atoms with Gasteiger partial charge < -0.3 is 15.7 Å². The van der Waals surface area contributed by atoms with Crippen molar-refractivity contribution in [2.45, 2.75) is 38.6 Å². The molecule has 0 saturated carbocycles. The quantitative estimate of drug-likeness (QED) is 0.540. The van der Waals surface area contributed by atoms with Crippen LogP contribution in [0.15, 0.2) is 6.33 Å². The molecule has 19 heavy (non-hydrogen) atoms. The zero-order chi connectivity index (χ0) is 14.1. The minimum atomic E-state index is -1.01. The predicted molar refractivity (Wildman–Crippen MR) is 67.6 cm³/mol. The molecule has 0 aliphatic heterocycles. The van der Waals surface area contributed by atoms with Gasteiger partial charge >= 0.3 is 12.0 Å². The van der Waals surface area contributed by atoms with Crippen LogP contribution in [0.2, 0.25) is 0 Å². The van der Waals surface area contributed by atoms with Crippen LogP contribution >= 0.6 is 0 Å². The van der Waals surface area contributed by atoms with E-state index in [4.69, 9.17) is 5.11 Å². The van der Waals surface area contributed by atoms with Crippen LogP contribution in [0, 0.1) is 0 Å². The summed E-state index contributed by atoms with van der Waals surface area (Å²) < 4.78 is 0. The standard InChI is InChI=1S/C11H19N5O3/c1-2-3-4-8(10(17)18)15-11(19)12-6-5-9-13-7-14-16-9/h7-8H,2-6H2,1H3,(H,17,18)(H2,12,15,19)(H,13,14,16). The van der Waals surface area contributed by atoms with Crippen molar-refractivity contribution in [2.24, 2.45) is 0 Å². The minimum Gasteiger partial charge on any atom is -0.480 e. The topological polar surface area (TPSA) is 120 Å². The Labute approximate surface area is 111 Å². The number of hydrogen-bond acceptors (Lipinski definition) is 4. The van der Waals surface area contributed by atoms with Gasteiger partial charge in [-0.15, -0.1) is 0 Å². The van der Waals surface area contributed by atoms with Crippen molar-refractivity contribution in [3.63, 3.8) is 0 Å². The fraction of sp³-hybridized carbons (Fsp3) is 0.636. The molecule has 1 heterocycles. The Morgan fingerprint density at radius 1 is 1.53 bits per heavy atom. The highest BCUT2D eigenvalue weighted by Gasteiger charge is 2.18. The number of hydrogen-bond donors (Lipinski definition) is 4. The van der Waals surface area contributed by atoms with Gasteiger partial charge in [-0.1, -0.05) is 19.8 Å². The lowest BCUT2D eigenvalue weighted by molar-refractivity contribution is -0.139. The summed E-state index contributed by atoms with van der Waals surface area (Å²) in [6.45, 7) is 2.33. The number of H-pyrrole nitrogens is 1. The van der Waals surface area contributed by atoms with E-state index in [1.54, 1.807) is 0 Å². The first kappa shape index (κ1) is 14.9. The summed E-state index contributed by atoms with van der Waals surface area (Å²) in [5, 5.41) is 20.3. The fourth-order valence-corrected chi connectivity index (χ4v) is 1.52. The number of carboxylic acid groups (broad SMARTS) is 1. The number of aliphatic carboxylic acids is 1. The molecular weight excluding hydrogens is 250 g/mol. The molecule has 0 saturated heterocycles. The molecular formula is C11H19N5O3. The van der Waals surface area contributed by atoms with Gasteiger partial charge in [0.25, 0.3) is 0 Å². The molecule has 106 valence electrons. The highest BCUT2D eigenvalue weighted by Crippen LogP contribution is 2.00. The van der Waals surface area contributed by atoms with Crippen molar-refractivity contribution in [2.75, 3.05) is 6.54 Å². The lowest BCUT2D eigenvalue weighted by atomic mass is 10.1. The number of amides is 2. The molecule has 0 aliphatic carbocycles. The number of carboxylic acids is 1. The van der Waals surface area contributed by atoms with Gasteiger partial charge in [-0.2, -0.15) is 5.10 Å². The Hall–Kier alpha value is -2.12. The molecule has 8 nitrogen and oxygen atoms in total. The van der Waals surface area contributed by atoms with E-state index in [0.29, 0.717) is 25.2 Å². The zero-order valence-electron chi connectivity index (χ0n) is 10.8. The van der Waals surface area contributed by atoms with Crippen molar-refractivity contribution in [1.82, 2.24) is 25.8 Å².